The molecule has 4 heteroatoms. The Hall–Kier alpha value is -0.140. The van der Waals surface area contributed by atoms with Gasteiger partial charge in [-0.2, -0.15) is 0 Å². The maximum Gasteiger partial charge on any atom is 0.312 e. The Morgan fingerprint density at radius 2 is 1.89 bits per heavy atom. The molecule has 0 bridgehead atoms. The summed E-state index contributed by atoms with van der Waals surface area (Å²) in [4.78, 5) is 11.9. The van der Waals surface area contributed by atoms with Crippen LogP contribution in [0.2, 0.25) is 0 Å². The second kappa shape index (κ2) is 6.34. The highest BCUT2D eigenvalue weighted by atomic mass is 31.1. The first-order valence-electron chi connectivity index (χ1n) is 7.14. The molecule has 0 spiro atoms. The van der Waals surface area contributed by atoms with Gasteiger partial charge in [0.25, 0.3) is 0 Å². The molecule has 2 rings (SSSR count). The lowest BCUT2D eigenvalue weighted by Gasteiger charge is -2.25. The van der Waals surface area contributed by atoms with Crippen LogP contribution in [0.4, 0.5) is 0 Å². The van der Waals surface area contributed by atoms with Crippen LogP contribution in [0.25, 0.3) is 0 Å². The Morgan fingerprint density at radius 3 is 2.72 bits per heavy atom. The minimum Gasteiger partial charge on any atom is -0.459 e. The number of hydrogen-bond acceptors (Lipinski definition) is 3. The van der Waals surface area contributed by atoms with Gasteiger partial charge in [0.1, 0.15) is 6.10 Å². The summed E-state index contributed by atoms with van der Waals surface area (Å²) < 4.78 is 11.2. The van der Waals surface area contributed by atoms with E-state index in [-0.39, 0.29) is 17.5 Å². The van der Waals surface area contributed by atoms with Crippen molar-refractivity contribution in [2.45, 2.75) is 57.7 Å². The highest BCUT2D eigenvalue weighted by Crippen LogP contribution is 2.45. The zero-order valence-electron chi connectivity index (χ0n) is 11.5. The molecule has 2 saturated heterocycles. The third kappa shape index (κ3) is 3.24. The van der Waals surface area contributed by atoms with Crippen molar-refractivity contribution in [3.8, 4) is 0 Å². The van der Waals surface area contributed by atoms with E-state index in [0.29, 0.717) is 12.3 Å². The third-order valence-electron chi connectivity index (χ3n) is 4.05. The van der Waals surface area contributed by atoms with Crippen LogP contribution in [-0.2, 0) is 14.3 Å². The first kappa shape index (κ1) is 14.3. The minimum absolute atomic E-state index is 0.00902. The van der Waals surface area contributed by atoms with Crippen LogP contribution in [-0.4, -0.2) is 37.1 Å². The van der Waals surface area contributed by atoms with Gasteiger partial charge in [-0.3, -0.25) is 4.79 Å². The van der Waals surface area contributed by atoms with E-state index >= 15 is 0 Å². The molecule has 0 aromatic carbocycles. The van der Waals surface area contributed by atoms with Crippen molar-refractivity contribution in [1.82, 2.24) is 0 Å². The van der Waals surface area contributed by atoms with Crippen molar-refractivity contribution in [3.63, 3.8) is 0 Å². The highest BCUT2D eigenvalue weighted by Gasteiger charge is 2.50. The fourth-order valence-electron chi connectivity index (χ4n) is 2.78. The number of hydrogen-bond donors (Lipinski definition) is 0. The molecule has 3 atom stereocenters. The van der Waals surface area contributed by atoms with Gasteiger partial charge in [0.05, 0.1) is 12.0 Å². The van der Waals surface area contributed by atoms with E-state index in [4.69, 9.17) is 9.47 Å². The average molecular weight is 272 g/mol. The van der Waals surface area contributed by atoms with E-state index in [1.54, 1.807) is 0 Å². The number of rotatable bonds is 0. The monoisotopic (exact) mass is 272 g/mol. The molecule has 0 aliphatic carbocycles. The largest absolute Gasteiger partial charge is 0.459 e. The van der Waals surface area contributed by atoms with Crippen molar-refractivity contribution in [2.24, 2.45) is 5.41 Å². The van der Waals surface area contributed by atoms with Crippen LogP contribution in [0.1, 0.15) is 46.0 Å². The first-order chi connectivity index (χ1) is 8.62. The van der Waals surface area contributed by atoms with Gasteiger partial charge in [-0.25, -0.2) is 0 Å². The maximum atomic E-state index is 11.9. The summed E-state index contributed by atoms with van der Waals surface area (Å²) in [6, 6.07) is 0. The SMILES string of the molecule is CC1(C)C(=O)O[C@@H]2COCCCCCCCP[C@H]21. The van der Waals surface area contributed by atoms with Crippen LogP contribution in [0.3, 0.4) is 0 Å². The Labute approximate surface area is 112 Å². The Balaban J connectivity index is 1.99. The summed E-state index contributed by atoms with van der Waals surface area (Å²) in [7, 11) is 0.823. The van der Waals surface area contributed by atoms with E-state index in [0.717, 1.165) is 21.6 Å². The molecule has 0 N–H and O–H groups in total. The molecule has 18 heavy (non-hydrogen) atoms. The van der Waals surface area contributed by atoms with Gasteiger partial charge in [-0.15, -0.1) is 8.58 Å². The number of carbonyl (C=O) groups is 1. The van der Waals surface area contributed by atoms with Crippen LogP contribution < -0.4 is 0 Å². The van der Waals surface area contributed by atoms with Crippen molar-refractivity contribution >= 4 is 14.6 Å². The highest BCUT2D eigenvalue weighted by molar-refractivity contribution is 7.39. The molecule has 2 aliphatic heterocycles. The Bertz CT molecular complexity index is 291. The van der Waals surface area contributed by atoms with Crippen LogP contribution >= 0.6 is 8.58 Å². The second-order valence-corrected chi connectivity index (χ2v) is 7.47. The number of fused-ring (bicyclic) bond motifs is 1. The number of ether oxygens (including phenoxy) is 2. The fraction of sp³-hybridized carbons (Fsp3) is 0.929. The summed E-state index contributed by atoms with van der Waals surface area (Å²) in [5.74, 6) is -0.0385. The number of carbonyl (C=O) groups excluding carboxylic acids is 1. The molecule has 2 aliphatic rings. The van der Waals surface area contributed by atoms with Crippen molar-refractivity contribution < 1.29 is 14.3 Å². The second-order valence-electron chi connectivity index (χ2n) is 5.94. The standard InChI is InChI=1S/C14H25O3P/c1-14(2)12-11(17-13(14)15)10-16-8-6-4-3-5-7-9-18-12/h11-12,18H,3-10H2,1-2H3/t11-,12-/m1/s1. The molecule has 2 heterocycles. The molecule has 0 aromatic heterocycles. The molecule has 0 aromatic rings. The summed E-state index contributed by atoms with van der Waals surface area (Å²) in [5.41, 5.74) is 0.0285. The molecule has 2 fully saturated rings. The van der Waals surface area contributed by atoms with E-state index in [1.807, 2.05) is 13.8 Å². The molecule has 0 saturated carbocycles. The topological polar surface area (TPSA) is 35.5 Å². The summed E-state index contributed by atoms with van der Waals surface area (Å²) in [6.45, 7) is 5.45. The van der Waals surface area contributed by atoms with Crippen LogP contribution in [0, 0.1) is 5.41 Å². The zero-order chi connectivity index (χ0) is 13.0. The van der Waals surface area contributed by atoms with Gasteiger partial charge >= 0.3 is 5.97 Å². The molecular weight excluding hydrogens is 247 g/mol. The predicted molar refractivity (Wildman–Crippen MR) is 74.5 cm³/mol. The lowest BCUT2D eigenvalue weighted by atomic mass is 9.89. The molecule has 0 radical (unpaired) electrons. The lowest BCUT2D eigenvalue weighted by molar-refractivity contribution is -0.149. The van der Waals surface area contributed by atoms with E-state index in [9.17, 15) is 4.79 Å². The summed E-state index contributed by atoms with van der Waals surface area (Å²) >= 11 is 0. The van der Waals surface area contributed by atoms with Gasteiger partial charge in [-0.05, 0) is 32.9 Å². The van der Waals surface area contributed by atoms with Gasteiger partial charge < -0.3 is 9.47 Å². The quantitative estimate of drug-likeness (QED) is 0.502. The van der Waals surface area contributed by atoms with Crippen LogP contribution in [0.15, 0.2) is 0 Å². The van der Waals surface area contributed by atoms with Crippen molar-refractivity contribution in [1.29, 1.82) is 0 Å². The fourth-order valence-corrected chi connectivity index (χ4v) is 4.60. The normalized spacial score (nSPS) is 35.3. The van der Waals surface area contributed by atoms with Gasteiger partial charge in [0.15, 0.2) is 0 Å². The molecule has 1 unspecified atom stereocenters. The first-order valence-corrected chi connectivity index (χ1v) is 8.43. The van der Waals surface area contributed by atoms with E-state index < -0.39 is 0 Å². The van der Waals surface area contributed by atoms with Gasteiger partial charge in [0, 0.05) is 12.3 Å². The van der Waals surface area contributed by atoms with Gasteiger partial charge in [-0.1, -0.05) is 19.3 Å². The average Bonchev–Trinajstić information content (AvgIpc) is 2.51. The van der Waals surface area contributed by atoms with E-state index in [2.05, 4.69) is 0 Å². The molecule has 3 nitrogen and oxygen atoms in total. The van der Waals surface area contributed by atoms with Crippen LogP contribution in [0.5, 0.6) is 0 Å². The predicted octanol–water partition coefficient (Wildman–Crippen LogP) is 2.97. The zero-order valence-corrected chi connectivity index (χ0v) is 12.5. The summed E-state index contributed by atoms with van der Waals surface area (Å²) in [5, 5.41) is 0. The third-order valence-corrected chi connectivity index (χ3v) is 6.22. The summed E-state index contributed by atoms with van der Waals surface area (Å²) in [6.07, 6.45) is 7.57. The molecule has 0 amide bonds. The Kier molecular flexibility index (Phi) is 5.03. The van der Waals surface area contributed by atoms with Gasteiger partial charge in [0.2, 0.25) is 0 Å². The Morgan fingerprint density at radius 1 is 1.17 bits per heavy atom. The number of esters is 1. The van der Waals surface area contributed by atoms with Crippen molar-refractivity contribution in [2.75, 3.05) is 19.4 Å². The smallest absolute Gasteiger partial charge is 0.312 e. The lowest BCUT2D eigenvalue weighted by Crippen LogP contribution is -2.33. The van der Waals surface area contributed by atoms with E-state index in [1.165, 1.54) is 31.8 Å². The maximum absolute atomic E-state index is 11.9. The van der Waals surface area contributed by atoms with Crippen molar-refractivity contribution in [3.05, 3.63) is 0 Å². The minimum atomic E-state index is -0.323. The molecular formula is C14H25O3P. The molecule has 104 valence electrons.